The largest absolute Gasteiger partial charge is 0.236 e. The van der Waals surface area contributed by atoms with Crippen LogP contribution in [0.25, 0.3) is 10.9 Å². The van der Waals surface area contributed by atoms with E-state index >= 15 is 0 Å². The van der Waals surface area contributed by atoms with Crippen LogP contribution in [-0.2, 0) is 0 Å². The first-order valence-corrected chi connectivity index (χ1v) is 5.43. The second kappa shape index (κ2) is 4.18. The zero-order valence-electron chi connectivity index (χ0n) is 9.19. The molecule has 0 fully saturated rings. The molecule has 5 heteroatoms. The van der Waals surface area contributed by atoms with Crippen molar-refractivity contribution in [3.8, 4) is 0 Å². The Balaban J connectivity index is 2.85. The van der Waals surface area contributed by atoms with Crippen molar-refractivity contribution in [2.45, 2.75) is 19.8 Å². The van der Waals surface area contributed by atoms with Gasteiger partial charge in [0, 0.05) is 11.5 Å². The van der Waals surface area contributed by atoms with Crippen molar-refractivity contribution in [3.63, 3.8) is 0 Å². The molecule has 0 spiro atoms. The minimum absolute atomic E-state index is 0.0100. The fraction of sp³-hybridized carbons (Fsp3) is 0.250. The third-order valence-corrected chi connectivity index (χ3v) is 2.86. The number of halogens is 4. The van der Waals surface area contributed by atoms with Gasteiger partial charge < -0.3 is 0 Å². The van der Waals surface area contributed by atoms with Gasteiger partial charge in [0.15, 0.2) is 17.5 Å². The average Bonchev–Trinajstić information content (AvgIpc) is 2.25. The summed E-state index contributed by atoms with van der Waals surface area (Å²) in [7, 11) is 0. The molecular formula is C12H9ClF3N. The Morgan fingerprint density at radius 2 is 1.76 bits per heavy atom. The molecule has 0 saturated carbocycles. The van der Waals surface area contributed by atoms with Crippen LogP contribution in [0.5, 0.6) is 0 Å². The first-order valence-electron chi connectivity index (χ1n) is 5.05. The van der Waals surface area contributed by atoms with E-state index in [9.17, 15) is 13.2 Å². The van der Waals surface area contributed by atoms with Crippen LogP contribution in [0.15, 0.2) is 12.1 Å². The van der Waals surface area contributed by atoms with Crippen molar-refractivity contribution in [2.75, 3.05) is 0 Å². The van der Waals surface area contributed by atoms with Crippen LogP contribution in [-0.4, -0.2) is 4.98 Å². The van der Waals surface area contributed by atoms with Crippen LogP contribution in [0.1, 0.15) is 25.3 Å². The predicted molar refractivity (Wildman–Crippen MR) is 60.7 cm³/mol. The van der Waals surface area contributed by atoms with Crippen LogP contribution in [0.3, 0.4) is 0 Å². The Kier molecular flexibility index (Phi) is 3.00. The fourth-order valence-electron chi connectivity index (χ4n) is 1.62. The molecule has 1 aromatic carbocycles. The molecule has 0 amide bonds. The Morgan fingerprint density at radius 3 is 2.35 bits per heavy atom. The highest BCUT2D eigenvalue weighted by atomic mass is 35.5. The Labute approximate surface area is 101 Å². The van der Waals surface area contributed by atoms with E-state index in [0.717, 1.165) is 6.07 Å². The number of aromatic nitrogens is 1. The number of fused-ring (bicyclic) bond motifs is 1. The van der Waals surface area contributed by atoms with Crippen LogP contribution in [0, 0.1) is 17.5 Å². The fourth-order valence-corrected chi connectivity index (χ4v) is 1.98. The zero-order chi connectivity index (χ0) is 12.7. The van der Waals surface area contributed by atoms with E-state index < -0.39 is 17.5 Å². The number of nitrogens with zero attached hydrogens (tertiary/aromatic N) is 1. The third kappa shape index (κ3) is 1.97. The smallest absolute Gasteiger partial charge is 0.195 e. The Bertz CT molecular complexity index is 596. The van der Waals surface area contributed by atoms with E-state index in [4.69, 9.17) is 11.6 Å². The average molecular weight is 260 g/mol. The number of rotatable bonds is 1. The van der Waals surface area contributed by atoms with Crippen LogP contribution in [0.2, 0.25) is 5.15 Å². The van der Waals surface area contributed by atoms with Gasteiger partial charge in [-0.3, -0.25) is 0 Å². The highest BCUT2D eigenvalue weighted by molar-refractivity contribution is 6.30. The first kappa shape index (κ1) is 12.2. The summed E-state index contributed by atoms with van der Waals surface area (Å²) in [6, 6.07) is 2.25. The lowest BCUT2D eigenvalue weighted by Crippen LogP contribution is -1.98. The molecular weight excluding hydrogens is 251 g/mol. The van der Waals surface area contributed by atoms with E-state index in [0.29, 0.717) is 5.56 Å². The Morgan fingerprint density at radius 1 is 1.12 bits per heavy atom. The number of benzene rings is 1. The van der Waals surface area contributed by atoms with Gasteiger partial charge in [0.2, 0.25) is 0 Å². The van der Waals surface area contributed by atoms with Gasteiger partial charge >= 0.3 is 0 Å². The molecule has 0 radical (unpaired) electrons. The third-order valence-electron chi connectivity index (χ3n) is 2.56. The second-order valence-electron chi connectivity index (χ2n) is 4.08. The predicted octanol–water partition coefficient (Wildman–Crippen LogP) is 4.43. The van der Waals surface area contributed by atoms with Crippen LogP contribution >= 0.6 is 11.6 Å². The van der Waals surface area contributed by atoms with Crippen molar-refractivity contribution in [2.24, 2.45) is 0 Å². The van der Waals surface area contributed by atoms with Gasteiger partial charge in [-0.1, -0.05) is 25.4 Å². The summed E-state index contributed by atoms with van der Waals surface area (Å²) in [5.41, 5.74) is 0.611. The van der Waals surface area contributed by atoms with Crippen molar-refractivity contribution in [1.29, 1.82) is 0 Å². The summed E-state index contributed by atoms with van der Waals surface area (Å²) in [6.07, 6.45) is 0. The minimum atomic E-state index is -1.49. The molecule has 0 aliphatic rings. The summed E-state index contributed by atoms with van der Waals surface area (Å²) in [4.78, 5) is 3.88. The van der Waals surface area contributed by atoms with Crippen molar-refractivity contribution >= 4 is 22.5 Å². The summed E-state index contributed by atoms with van der Waals surface area (Å²) >= 11 is 5.89. The van der Waals surface area contributed by atoms with Gasteiger partial charge in [0.1, 0.15) is 5.15 Å². The van der Waals surface area contributed by atoms with Crippen molar-refractivity contribution < 1.29 is 13.2 Å². The molecule has 1 heterocycles. The molecule has 0 bridgehead atoms. The van der Waals surface area contributed by atoms with E-state index in [2.05, 4.69) is 4.98 Å². The van der Waals surface area contributed by atoms with Gasteiger partial charge in [0.05, 0.1) is 5.52 Å². The van der Waals surface area contributed by atoms with Gasteiger partial charge in [0.25, 0.3) is 0 Å². The maximum absolute atomic E-state index is 13.5. The molecule has 2 rings (SSSR count). The van der Waals surface area contributed by atoms with Gasteiger partial charge in [-0.15, -0.1) is 0 Å². The SMILES string of the molecule is CC(C)c1cc2c(F)c(F)c(F)cc2nc1Cl. The summed E-state index contributed by atoms with van der Waals surface area (Å²) in [5.74, 6) is -3.97. The topological polar surface area (TPSA) is 12.9 Å². The van der Waals surface area contributed by atoms with Gasteiger partial charge in [-0.25, -0.2) is 18.2 Å². The maximum atomic E-state index is 13.5. The number of hydrogen-bond acceptors (Lipinski definition) is 1. The van der Waals surface area contributed by atoms with Crippen molar-refractivity contribution in [1.82, 2.24) is 4.98 Å². The lowest BCUT2D eigenvalue weighted by Gasteiger charge is -2.10. The van der Waals surface area contributed by atoms with E-state index in [1.165, 1.54) is 6.07 Å². The molecule has 90 valence electrons. The minimum Gasteiger partial charge on any atom is -0.236 e. The van der Waals surface area contributed by atoms with E-state index in [-0.39, 0.29) is 22.0 Å². The van der Waals surface area contributed by atoms with Gasteiger partial charge in [-0.05, 0) is 17.5 Å². The molecule has 0 unspecified atom stereocenters. The molecule has 2 aromatic rings. The standard InChI is InChI=1S/C12H9ClF3N/c1-5(2)6-3-7-9(17-12(6)13)4-8(14)11(16)10(7)15/h3-5H,1-2H3. The van der Waals surface area contributed by atoms with E-state index in [1.807, 2.05) is 13.8 Å². The number of pyridine rings is 1. The maximum Gasteiger partial charge on any atom is 0.195 e. The molecule has 0 atom stereocenters. The molecule has 0 N–H and O–H groups in total. The molecule has 1 nitrogen and oxygen atoms in total. The molecule has 0 saturated heterocycles. The highest BCUT2D eigenvalue weighted by Gasteiger charge is 2.17. The van der Waals surface area contributed by atoms with Crippen LogP contribution < -0.4 is 0 Å². The second-order valence-corrected chi connectivity index (χ2v) is 4.43. The molecule has 0 aliphatic carbocycles. The van der Waals surface area contributed by atoms with Crippen LogP contribution in [0.4, 0.5) is 13.2 Å². The summed E-state index contributed by atoms with van der Waals surface area (Å²) in [5, 5.41) is 0.120. The van der Waals surface area contributed by atoms with Gasteiger partial charge in [-0.2, -0.15) is 0 Å². The molecule has 1 aromatic heterocycles. The summed E-state index contributed by atoms with van der Waals surface area (Å²) < 4.78 is 39.6. The highest BCUT2D eigenvalue weighted by Crippen LogP contribution is 2.29. The van der Waals surface area contributed by atoms with Crippen molar-refractivity contribution in [3.05, 3.63) is 40.3 Å². The normalized spacial score (nSPS) is 11.5. The molecule has 17 heavy (non-hydrogen) atoms. The summed E-state index contributed by atoms with van der Waals surface area (Å²) in [6.45, 7) is 3.71. The first-order chi connectivity index (χ1) is 7.91. The molecule has 0 aliphatic heterocycles. The quantitative estimate of drug-likeness (QED) is 0.545. The lowest BCUT2D eigenvalue weighted by atomic mass is 10.0. The zero-order valence-corrected chi connectivity index (χ0v) is 9.95. The lowest BCUT2D eigenvalue weighted by molar-refractivity contribution is 0.453. The number of hydrogen-bond donors (Lipinski definition) is 0. The monoisotopic (exact) mass is 259 g/mol. The van der Waals surface area contributed by atoms with E-state index in [1.54, 1.807) is 0 Å². The Hall–Kier alpha value is -1.29.